The van der Waals surface area contributed by atoms with Gasteiger partial charge in [0.25, 0.3) is 5.91 Å². The molecule has 0 atom stereocenters. The second kappa shape index (κ2) is 11.0. The highest BCUT2D eigenvalue weighted by atomic mass is 16.3. The number of amides is 2. The van der Waals surface area contributed by atoms with E-state index in [2.05, 4.69) is 10.3 Å². The van der Waals surface area contributed by atoms with Gasteiger partial charge in [-0.05, 0) is 86.7 Å². The van der Waals surface area contributed by atoms with Crippen molar-refractivity contribution in [3.05, 3.63) is 114 Å². The Balaban J connectivity index is 1.48. The van der Waals surface area contributed by atoms with E-state index in [1.165, 1.54) is 12.2 Å². The van der Waals surface area contributed by atoms with Crippen LogP contribution < -0.4 is 10.2 Å². The third kappa shape index (κ3) is 6.68. The van der Waals surface area contributed by atoms with E-state index in [1.807, 2.05) is 44.2 Å². The fraction of sp³-hybridized carbons (Fsp3) is 0.107. The maximum absolute atomic E-state index is 13.1. The number of furan rings is 2. The molecule has 0 bridgehead atoms. The number of hydrogen-bond acceptors (Lipinski definition) is 5. The number of hydrogen-bond donors (Lipinski definition) is 1. The van der Waals surface area contributed by atoms with E-state index in [-0.39, 0.29) is 18.4 Å². The molecule has 4 rings (SSSR count). The minimum Gasteiger partial charge on any atom is -0.462 e. The fourth-order valence-electron chi connectivity index (χ4n) is 3.35. The molecular formula is C28H25N3O4. The first-order chi connectivity index (χ1) is 17.0. The smallest absolute Gasteiger partial charge is 0.251 e. The van der Waals surface area contributed by atoms with Gasteiger partial charge in [0.1, 0.15) is 23.0 Å². The van der Waals surface area contributed by atoms with Crippen molar-refractivity contribution in [2.45, 2.75) is 20.4 Å². The summed E-state index contributed by atoms with van der Waals surface area (Å²) in [6.45, 7) is 3.98. The molecule has 1 N–H and O–H groups in total. The predicted molar refractivity (Wildman–Crippen MR) is 135 cm³/mol. The maximum Gasteiger partial charge on any atom is 0.251 e. The summed E-state index contributed by atoms with van der Waals surface area (Å²) in [5, 5.41) is 2.80. The summed E-state index contributed by atoms with van der Waals surface area (Å²) in [6, 6.07) is 19.9. The summed E-state index contributed by atoms with van der Waals surface area (Å²) in [5.41, 5.74) is 2.02. The van der Waals surface area contributed by atoms with Gasteiger partial charge in [-0.3, -0.25) is 14.6 Å². The van der Waals surface area contributed by atoms with Gasteiger partial charge in [-0.1, -0.05) is 6.07 Å². The molecule has 3 aromatic heterocycles. The number of nitrogens with zero attached hydrogens (tertiary/aromatic N) is 2. The molecule has 0 fully saturated rings. The van der Waals surface area contributed by atoms with Crippen molar-refractivity contribution in [1.82, 2.24) is 4.98 Å². The zero-order valence-corrected chi connectivity index (χ0v) is 19.5. The van der Waals surface area contributed by atoms with Crippen molar-refractivity contribution >= 4 is 35.3 Å². The second-order valence-corrected chi connectivity index (χ2v) is 7.85. The number of carbonyl (C=O) groups is 2. The van der Waals surface area contributed by atoms with Crippen molar-refractivity contribution < 1.29 is 18.4 Å². The fourth-order valence-corrected chi connectivity index (χ4v) is 3.35. The van der Waals surface area contributed by atoms with Crippen molar-refractivity contribution in [2.24, 2.45) is 0 Å². The molecule has 0 radical (unpaired) electrons. The Kier molecular flexibility index (Phi) is 7.37. The summed E-state index contributed by atoms with van der Waals surface area (Å²) in [5.74, 6) is 2.25. The molecule has 0 saturated heterocycles. The molecule has 3 heterocycles. The quantitative estimate of drug-likeness (QED) is 0.332. The van der Waals surface area contributed by atoms with E-state index in [0.717, 1.165) is 17.2 Å². The van der Waals surface area contributed by atoms with Gasteiger partial charge in [0.15, 0.2) is 0 Å². The molecule has 0 unspecified atom stereocenters. The minimum absolute atomic E-state index is 0.224. The number of pyridine rings is 1. The predicted octanol–water partition coefficient (Wildman–Crippen LogP) is 5.78. The van der Waals surface area contributed by atoms with E-state index in [4.69, 9.17) is 8.83 Å². The number of anilines is 2. The highest BCUT2D eigenvalue weighted by Crippen LogP contribution is 2.21. The summed E-state index contributed by atoms with van der Waals surface area (Å²) in [7, 11) is 0. The lowest BCUT2D eigenvalue weighted by atomic mass is 10.2. The number of benzene rings is 1. The van der Waals surface area contributed by atoms with E-state index in [1.54, 1.807) is 59.6 Å². The van der Waals surface area contributed by atoms with Gasteiger partial charge in [0.05, 0.1) is 12.2 Å². The van der Waals surface area contributed by atoms with Gasteiger partial charge in [-0.15, -0.1) is 0 Å². The van der Waals surface area contributed by atoms with Crippen LogP contribution in [0, 0.1) is 13.8 Å². The van der Waals surface area contributed by atoms with E-state index >= 15 is 0 Å². The molecule has 7 heteroatoms. The summed E-state index contributed by atoms with van der Waals surface area (Å²) in [6.07, 6.45) is 7.82. The van der Waals surface area contributed by atoms with Crippen molar-refractivity contribution in [3.63, 3.8) is 0 Å². The molecule has 4 aromatic rings. The minimum atomic E-state index is -0.287. The first-order valence-corrected chi connectivity index (χ1v) is 11.1. The number of nitrogens with one attached hydrogen (secondary N) is 1. The molecule has 2 amide bonds. The number of rotatable bonds is 8. The Morgan fingerprint density at radius 1 is 0.857 bits per heavy atom. The average molecular weight is 468 g/mol. The molecule has 0 spiro atoms. The Morgan fingerprint density at radius 3 is 2.09 bits per heavy atom. The lowest BCUT2D eigenvalue weighted by Crippen LogP contribution is -2.29. The first-order valence-electron chi connectivity index (χ1n) is 11.1. The van der Waals surface area contributed by atoms with Gasteiger partial charge in [-0.2, -0.15) is 0 Å². The summed E-state index contributed by atoms with van der Waals surface area (Å²) < 4.78 is 10.9. The van der Waals surface area contributed by atoms with E-state index in [0.29, 0.717) is 22.9 Å². The van der Waals surface area contributed by atoms with Gasteiger partial charge in [0, 0.05) is 29.7 Å². The van der Waals surface area contributed by atoms with Crippen molar-refractivity contribution in [3.8, 4) is 0 Å². The molecule has 0 aliphatic carbocycles. The topological polar surface area (TPSA) is 88.6 Å². The van der Waals surface area contributed by atoms with Crippen LogP contribution in [-0.4, -0.2) is 16.8 Å². The van der Waals surface area contributed by atoms with Gasteiger partial charge in [0.2, 0.25) is 5.91 Å². The van der Waals surface area contributed by atoms with Gasteiger partial charge in [-0.25, -0.2) is 0 Å². The summed E-state index contributed by atoms with van der Waals surface area (Å²) in [4.78, 5) is 31.3. The van der Waals surface area contributed by atoms with Crippen LogP contribution in [0.4, 0.5) is 11.4 Å². The Morgan fingerprint density at radius 2 is 1.51 bits per heavy atom. The maximum atomic E-state index is 13.1. The third-order valence-corrected chi connectivity index (χ3v) is 5.07. The van der Waals surface area contributed by atoms with Crippen LogP contribution >= 0.6 is 0 Å². The zero-order chi connectivity index (χ0) is 24.6. The second-order valence-electron chi connectivity index (χ2n) is 7.85. The van der Waals surface area contributed by atoms with Crippen LogP contribution in [0.15, 0.2) is 93.9 Å². The molecule has 176 valence electrons. The van der Waals surface area contributed by atoms with Crippen LogP contribution in [0.25, 0.3) is 12.2 Å². The Hall–Kier alpha value is -4.65. The van der Waals surface area contributed by atoms with Crippen LogP contribution in [0.5, 0.6) is 0 Å². The molecule has 1 aromatic carbocycles. The zero-order valence-electron chi connectivity index (χ0n) is 19.5. The normalized spacial score (nSPS) is 11.3. The molecule has 0 aliphatic rings. The summed E-state index contributed by atoms with van der Waals surface area (Å²) >= 11 is 0. The van der Waals surface area contributed by atoms with Crippen molar-refractivity contribution in [2.75, 3.05) is 10.2 Å². The van der Waals surface area contributed by atoms with Crippen molar-refractivity contribution in [1.29, 1.82) is 0 Å². The highest BCUT2D eigenvalue weighted by Gasteiger charge is 2.15. The van der Waals surface area contributed by atoms with Crippen LogP contribution in [0.2, 0.25) is 0 Å². The largest absolute Gasteiger partial charge is 0.462 e. The standard InChI is InChI=1S/C28H25N3O4/c1-20-6-12-25(34-20)14-16-27(32)30-22-8-10-24(11-9-22)31(19-23-5-3-4-18-29-23)28(33)17-15-26-13-7-21(2)35-26/h3-18H,19H2,1-2H3,(H,30,32)/b16-14+,17-15-. The number of aromatic nitrogens is 1. The molecule has 0 saturated carbocycles. The van der Waals surface area contributed by atoms with E-state index in [9.17, 15) is 9.59 Å². The SMILES string of the molecule is Cc1ccc(/C=C\C(=O)N(Cc2ccccn2)c2ccc(NC(=O)/C=C/c3ccc(C)o3)cc2)o1. The molecule has 7 nitrogen and oxygen atoms in total. The lowest BCUT2D eigenvalue weighted by molar-refractivity contribution is -0.114. The molecular weight excluding hydrogens is 442 g/mol. The molecule has 0 aliphatic heterocycles. The highest BCUT2D eigenvalue weighted by molar-refractivity contribution is 6.04. The molecule has 35 heavy (non-hydrogen) atoms. The Bertz CT molecular complexity index is 1350. The van der Waals surface area contributed by atoms with E-state index < -0.39 is 0 Å². The van der Waals surface area contributed by atoms with Crippen LogP contribution in [-0.2, 0) is 16.1 Å². The van der Waals surface area contributed by atoms with Gasteiger partial charge >= 0.3 is 0 Å². The average Bonchev–Trinajstić information content (AvgIpc) is 3.48. The first kappa shape index (κ1) is 23.5. The lowest BCUT2D eigenvalue weighted by Gasteiger charge is -2.21. The van der Waals surface area contributed by atoms with Crippen LogP contribution in [0.3, 0.4) is 0 Å². The van der Waals surface area contributed by atoms with Crippen LogP contribution in [0.1, 0.15) is 28.7 Å². The number of aryl methyl sites for hydroxylation is 2. The number of carbonyl (C=O) groups excluding carboxylic acids is 2. The third-order valence-electron chi connectivity index (χ3n) is 5.07. The monoisotopic (exact) mass is 467 g/mol. The Labute approximate surface area is 203 Å². The van der Waals surface area contributed by atoms with Gasteiger partial charge < -0.3 is 19.1 Å².